The minimum atomic E-state index is 0.273. The fourth-order valence-corrected chi connectivity index (χ4v) is 0.962. The van der Waals surface area contributed by atoms with Crippen molar-refractivity contribution >= 4 is 0 Å². The smallest absolute Gasteiger partial charge is 0.0548 e. The van der Waals surface area contributed by atoms with E-state index in [1.54, 1.807) is 0 Å². The lowest BCUT2D eigenvalue weighted by atomic mass is 10.2. The minimum Gasteiger partial charge on any atom is -0.316 e. The van der Waals surface area contributed by atoms with Gasteiger partial charge in [0.1, 0.15) is 0 Å². The van der Waals surface area contributed by atoms with Crippen LogP contribution in [0.2, 0.25) is 0 Å². The van der Waals surface area contributed by atoms with Crippen molar-refractivity contribution in [2.24, 2.45) is 5.73 Å². The fraction of sp³-hybridized carbons (Fsp3) is 1.00. The molecule has 3 N–H and O–H groups in total. The van der Waals surface area contributed by atoms with Gasteiger partial charge in [-0.1, -0.05) is 13.8 Å². The summed E-state index contributed by atoms with van der Waals surface area (Å²) in [6.45, 7) is 6.16. The molecule has 0 aromatic carbocycles. The van der Waals surface area contributed by atoms with Crippen molar-refractivity contribution in [2.75, 3.05) is 0 Å². The third-order valence-corrected chi connectivity index (χ3v) is 1.41. The van der Waals surface area contributed by atoms with Crippen molar-refractivity contribution in [1.29, 1.82) is 0 Å². The van der Waals surface area contributed by atoms with E-state index in [0.29, 0.717) is 6.04 Å². The molecule has 0 saturated carbocycles. The predicted octanol–water partition coefficient (Wildman–Crippen LogP) is 1.07. The van der Waals surface area contributed by atoms with Crippen LogP contribution in [-0.4, -0.2) is 12.2 Å². The van der Waals surface area contributed by atoms with Gasteiger partial charge >= 0.3 is 0 Å². The van der Waals surface area contributed by atoms with E-state index < -0.39 is 0 Å². The van der Waals surface area contributed by atoms with E-state index in [4.69, 9.17) is 5.73 Å². The average molecular weight is 130 g/mol. The molecule has 1 heterocycles. The second kappa shape index (κ2) is 4.77. The molecule has 1 fully saturated rings. The Morgan fingerprint density at radius 3 is 2.00 bits per heavy atom. The van der Waals surface area contributed by atoms with Crippen LogP contribution in [0.25, 0.3) is 0 Å². The van der Waals surface area contributed by atoms with Gasteiger partial charge in [-0.25, -0.2) is 0 Å². The molecule has 0 aromatic rings. The second-order valence-corrected chi connectivity index (χ2v) is 2.25. The van der Waals surface area contributed by atoms with E-state index in [1.165, 1.54) is 6.42 Å². The highest BCUT2D eigenvalue weighted by Gasteiger charge is 2.14. The highest BCUT2D eigenvalue weighted by atomic mass is 15.1. The lowest BCUT2D eigenvalue weighted by Gasteiger charge is -2.02. The van der Waals surface area contributed by atoms with Gasteiger partial charge in [-0.2, -0.15) is 0 Å². The molecular formula is C7H18N2. The monoisotopic (exact) mass is 130 g/mol. The lowest BCUT2D eigenvalue weighted by molar-refractivity contribution is 0.578. The predicted molar refractivity (Wildman–Crippen MR) is 41.2 cm³/mol. The molecule has 0 bridgehead atoms. The molecule has 2 unspecified atom stereocenters. The first-order valence-electron chi connectivity index (χ1n) is 3.80. The van der Waals surface area contributed by atoms with Crippen LogP contribution < -0.4 is 11.1 Å². The summed E-state index contributed by atoms with van der Waals surface area (Å²) in [6, 6.07) is 0.648. The highest BCUT2D eigenvalue weighted by molar-refractivity contribution is 4.75. The minimum absolute atomic E-state index is 0.273. The van der Waals surface area contributed by atoms with Crippen molar-refractivity contribution in [1.82, 2.24) is 5.32 Å². The molecule has 1 saturated heterocycles. The molecule has 1 aliphatic heterocycles. The normalized spacial score (nSPS) is 33.3. The quantitative estimate of drug-likeness (QED) is 0.514. The summed E-state index contributed by atoms with van der Waals surface area (Å²) in [5.74, 6) is 0. The Kier molecular flexibility index (Phi) is 4.72. The van der Waals surface area contributed by atoms with E-state index in [0.717, 1.165) is 6.42 Å². The van der Waals surface area contributed by atoms with Gasteiger partial charge in [0.05, 0.1) is 6.17 Å². The van der Waals surface area contributed by atoms with Crippen LogP contribution in [0.3, 0.4) is 0 Å². The van der Waals surface area contributed by atoms with E-state index in [2.05, 4.69) is 12.2 Å². The van der Waals surface area contributed by atoms with Crippen molar-refractivity contribution in [3.63, 3.8) is 0 Å². The first-order chi connectivity index (χ1) is 4.29. The van der Waals surface area contributed by atoms with Gasteiger partial charge in [0, 0.05) is 6.04 Å². The molecule has 2 atom stereocenters. The molecule has 0 spiro atoms. The van der Waals surface area contributed by atoms with Gasteiger partial charge in [0.15, 0.2) is 0 Å². The second-order valence-electron chi connectivity index (χ2n) is 2.25. The number of nitrogens with one attached hydrogen (secondary N) is 1. The van der Waals surface area contributed by atoms with Crippen LogP contribution >= 0.6 is 0 Å². The summed E-state index contributed by atoms with van der Waals surface area (Å²) in [5, 5.41) is 3.19. The van der Waals surface area contributed by atoms with Gasteiger partial charge in [-0.05, 0) is 19.8 Å². The Labute approximate surface area is 57.8 Å². The summed E-state index contributed by atoms with van der Waals surface area (Å²) in [4.78, 5) is 0. The number of hydrogen-bond acceptors (Lipinski definition) is 2. The first kappa shape index (κ1) is 8.92. The molecule has 0 aromatic heterocycles. The van der Waals surface area contributed by atoms with Crippen LogP contribution in [0.1, 0.15) is 33.6 Å². The Balaban J connectivity index is 0.000000291. The summed E-state index contributed by atoms with van der Waals surface area (Å²) in [5.41, 5.74) is 5.51. The van der Waals surface area contributed by atoms with Crippen molar-refractivity contribution in [2.45, 2.75) is 45.8 Å². The summed E-state index contributed by atoms with van der Waals surface area (Å²) < 4.78 is 0. The molecule has 0 aliphatic carbocycles. The van der Waals surface area contributed by atoms with Crippen molar-refractivity contribution in [3.05, 3.63) is 0 Å². The molecular weight excluding hydrogens is 112 g/mol. The lowest BCUT2D eigenvalue weighted by Crippen LogP contribution is -2.34. The maximum absolute atomic E-state index is 5.51. The summed E-state index contributed by atoms with van der Waals surface area (Å²) in [6.07, 6.45) is 2.65. The molecule has 1 aliphatic rings. The van der Waals surface area contributed by atoms with Crippen LogP contribution in [0.15, 0.2) is 0 Å². The van der Waals surface area contributed by atoms with Crippen LogP contribution in [0.5, 0.6) is 0 Å². The maximum Gasteiger partial charge on any atom is 0.0548 e. The number of hydrogen-bond donors (Lipinski definition) is 2. The molecule has 2 heteroatoms. The van der Waals surface area contributed by atoms with Gasteiger partial charge in [-0.15, -0.1) is 0 Å². The van der Waals surface area contributed by atoms with Gasteiger partial charge in [0.2, 0.25) is 0 Å². The topological polar surface area (TPSA) is 38.0 Å². The van der Waals surface area contributed by atoms with E-state index >= 15 is 0 Å². The van der Waals surface area contributed by atoms with Crippen LogP contribution in [0.4, 0.5) is 0 Å². The highest BCUT2D eigenvalue weighted by Crippen LogP contribution is 2.06. The van der Waals surface area contributed by atoms with E-state index in [-0.39, 0.29) is 6.17 Å². The van der Waals surface area contributed by atoms with Crippen molar-refractivity contribution < 1.29 is 0 Å². The van der Waals surface area contributed by atoms with Gasteiger partial charge in [0.25, 0.3) is 0 Å². The molecule has 56 valence electrons. The third-order valence-electron chi connectivity index (χ3n) is 1.41. The van der Waals surface area contributed by atoms with Gasteiger partial charge < -0.3 is 5.73 Å². The number of nitrogens with two attached hydrogens (primary N) is 1. The Bertz CT molecular complexity index is 55.9. The zero-order chi connectivity index (χ0) is 7.28. The zero-order valence-electron chi connectivity index (χ0n) is 6.65. The zero-order valence-corrected chi connectivity index (χ0v) is 6.65. The largest absolute Gasteiger partial charge is 0.316 e. The first-order valence-corrected chi connectivity index (χ1v) is 3.80. The summed E-state index contributed by atoms with van der Waals surface area (Å²) in [7, 11) is 0. The van der Waals surface area contributed by atoms with E-state index in [9.17, 15) is 0 Å². The third kappa shape index (κ3) is 3.49. The molecule has 0 radical (unpaired) electrons. The summed E-state index contributed by atoms with van der Waals surface area (Å²) >= 11 is 0. The standard InChI is InChI=1S/C5H12N2.C2H6/c1-4-2-3-5(6)7-4;1-2/h4-5,7H,2-3,6H2,1H3;1-2H3. The average Bonchev–Trinajstić information content (AvgIpc) is 2.20. The fourth-order valence-electron chi connectivity index (χ4n) is 0.962. The van der Waals surface area contributed by atoms with Crippen LogP contribution in [0, 0.1) is 0 Å². The Morgan fingerprint density at radius 1 is 1.33 bits per heavy atom. The molecule has 1 rings (SSSR count). The van der Waals surface area contributed by atoms with Gasteiger partial charge in [-0.3, -0.25) is 5.32 Å². The van der Waals surface area contributed by atoms with E-state index in [1.807, 2.05) is 13.8 Å². The Hall–Kier alpha value is -0.0800. The van der Waals surface area contributed by atoms with Crippen molar-refractivity contribution in [3.8, 4) is 0 Å². The van der Waals surface area contributed by atoms with Crippen LogP contribution in [-0.2, 0) is 0 Å². The molecule has 9 heavy (non-hydrogen) atoms. The maximum atomic E-state index is 5.51. The number of rotatable bonds is 0. The molecule has 2 nitrogen and oxygen atoms in total. The molecule has 0 amide bonds. The SMILES string of the molecule is CC.CC1CCC(N)N1. The Morgan fingerprint density at radius 2 is 1.89 bits per heavy atom.